The number of carbonyl (C=O) groups is 1. The van der Waals surface area contributed by atoms with Crippen molar-refractivity contribution in [1.29, 1.82) is 0 Å². The van der Waals surface area contributed by atoms with Gasteiger partial charge in [0.15, 0.2) is 0 Å². The highest BCUT2D eigenvalue weighted by atomic mass is 127. The fourth-order valence-corrected chi connectivity index (χ4v) is 5.16. The van der Waals surface area contributed by atoms with Gasteiger partial charge in [-0.25, -0.2) is 0 Å². The van der Waals surface area contributed by atoms with E-state index in [0.29, 0.717) is 5.91 Å². The Morgan fingerprint density at radius 1 is 1.37 bits per heavy atom. The zero-order valence-corrected chi connectivity index (χ0v) is 13.5. The minimum Gasteiger partial charge on any atom is -0.338 e. The van der Waals surface area contributed by atoms with Crippen LogP contribution < -0.4 is 0 Å². The van der Waals surface area contributed by atoms with Gasteiger partial charge in [-0.05, 0) is 37.3 Å². The molecule has 1 aliphatic carbocycles. The molecule has 0 spiro atoms. The van der Waals surface area contributed by atoms with Crippen LogP contribution in [0.2, 0.25) is 0 Å². The van der Waals surface area contributed by atoms with E-state index in [1.807, 2.05) is 0 Å². The number of fused-ring (bicyclic) bond motifs is 1. The van der Waals surface area contributed by atoms with Crippen molar-refractivity contribution in [3.05, 3.63) is 35.4 Å². The molecule has 2 nitrogen and oxygen atoms in total. The molecule has 102 valence electrons. The molecule has 1 amide bonds. The van der Waals surface area contributed by atoms with E-state index in [4.69, 9.17) is 0 Å². The quantitative estimate of drug-likeness (QED) is 0.592. The smallest absolute Gasteiger partial charge is 0.229 e. The first-order valence-corrected chi connectivity index (χ1v) is 9.74. The molecular weight excluding hydrogens is 349 g/mol. The molecule has 3 heteroatoms. The van der Waals surface area contributed by atoms with Crippen molar-refractivity contribution in [2.24, 2.45) is 5.41 Å². The van der Waals surface area contributed by atoms with E-state index >= 15 is 0 Å². The predicted octanol–water partition coefficient (Wildman–Crippen LogP) is 3.14. The van der Waals surface area contributed by atoms with Crippen molar-refractivity contribution in [3.63, 3.8) is 0 Å². The van der Waals surface area contributed by atoms with Crippen LogP contribution in [0.4, 0.5) is 0 Å². The predicted molar refractivity (Wildman–Crippen MR) is 87.9 cm³/mol. The van der Waals surface area contributed by atoms with Gasteiger partial charge in [0.05, 0.1) is 5.41 Å². The summed E-state index contributed by atoms with van der Waals surface area (Å²) in [6.45, 7) is 3.86. The fraction of sp³-hybridized carbons (Fsp3) is 0.500. The molecule has 0 bridgehead atoms. The van der Waals surface area contributed by atoms with Gasteiger partial charge in [-0.1, -0.05) is 28.3 Å². The molecule has 19 heavy (non-hydrogen) atoms. The van der Waals surface area contributed by atoms with Crippen LogP contribution in [0.1, 0.15) is 30.9 Å². The van der Waals surface area contributed by atoms with Crippen molar-refractivity contribution in [3.8, 4) is 0 Å². The highest BCUT2D eigenvalue weighted by Gasteiger charge is 2.51. The Morgan fingerprint density at radius 3 is 2.79 bits per heavy atom. The third-order valence-electron chi connectivity index (χ3n) is 4.21. The molecule has 1 fully saturated rings. The van der Waals surface area contributed by atoms with Crippen LogP contribution in [0.15, 0.2) is 24.3 Å². The Hall–Kier alpha value is -0.710. The largest absolute Gasteiger partial charge is 0.338 e. The van der Waals surface area contributed by atoms with Crippen molar-refractivity contribution in [2.45, 2.75) is 32.7 Å². The van der Waals surface area contributed by atoms with Gasteiger partial charge in [0.2, 0.25) is 5.91 Å². The lowest BCUT2D eigenvalue weighted by Gasteiger charge is -2.31. The van der Waals surface area contributed by atoms with Crippen molar-refractivity contribution in [2.75, 3.05) is 11.0 Å². The average molecular weight is 369 g/mol. The Labute approximate surface area is 124 Å². The van der Waals surface area contributed by atoms with E-state index in [-0.39, 0.29) is 26.1 Å². The van der Waals surface area contributed by atoms with Crippen LogP contribution in [0.5, 0.6) is 0 Å². The number of halogens is 1. The molecule has 0 aromatic heterocycles. The number of carbonyl (C=O) groups excluding carboxylic acids is 1. The lowest BCUT2D eigenvalue weighted by Crippen LogP contribution is -2.41. The molecule has 0 unspecified atom stereocenters. The van der Waals surface area contributed by atoms with Gasteiger partial charge in [-0.2, -0.15) is 0 Å². The van der Waals surface area contributed by atoms with E-state index in [2.05, 4.69) is 40.1 Å². The van der Waals surface area contributed by atoms with Gasteiger partial charge in [-0.3, -0.25) is 4.79 Å². The Bertz CT molecular complexity index is 519. The first-order valence-electron chi connectivity index (χ1n) is 6.97. The molecular formula is C16H20INO. The summed E-state index contributed by atoms with van der Waals surface area (Å²) >= 11 is 0.119. The number of nitrogens with zero attached hydrogens (tertiary/aromatic N) is 1. The summed E-state index contributed by atoms with van der Waals surface area (Å²) in [5.41, 5.74) is 2.81. The number of hydrogen-bond acceptors (Lipinski definition) is 1. The van der Waals surface area contributed by atoms with Crippen LogP contribution >= 0.6 is 20.7 Å². The highest BCUT2D eigenvalue weighted by molar-refractivity contribution is 14.2. The number of alkyl halides is 1. The second-order valence-corrected chi connectivity index (χ2v) is 8.42. The van der Waals surface area contributed by atoms with Gasteiger partial charge in [0.1, 0.15) is 0 Å². The number of amides is 1. The molecule has 0 saturated heterocycles. The zero-order valence-electron chi connectivity index (χ0n) is 11.4. The van der Waals surface area contributed by atoms with Crippen molar-refractivity contribution < 1.29 is 4.79 Å². The van der Waals surface area contributed by atoms with E-state index in [1.165, 1.54) is 11.1 Å². The summed E-state index contributed by atoms with van der Waals surface area (Å²) < 4.78 is 3.44. The van der Waals surface area contributed by atoms with E-state index in [1.54, 1.807) is 0 Å². The van der Waals surface area contributed by atoms with Gasteiger partial charge in [0.25, 0.3) is 0 Å². The Kier molecular flexibility index (Phi) is 3.74. The molecule has 0 radical (unpaired) electrons. The molecule has 1 aliphatic heterocycles. The Morgan fingerprint density at radius 2 is 2.11 bits per heavy atom. The fourth-order valence-electron chi connectivity index (χ4n) is 2.78. The minimum atomic E-state index is 0.0477. The lowest BCUT2D eigenvalue weighted by atomic mass is 9.98. The normalized spacial score (nSPS) is 20.8. The summed E-state index contributed by atoms with van der Waals surface area (Å²) in [5.74, 6) is 0.434. The van der Waals surface area contributed by atoms with Gasteiger partial charge in [-0.15, -0.1) is 20.7 Å². The summed E-state index contributed by atoms with van der Waals surface area (Å²) in [6.07, 6.45) is 3.27. The van der Waals surface area contributed by atoms with Crippen LogP contribution in [0, 0.1) is 5.41 Å². The lowest BCUT2D eigenvalue weighted by molar-refractivity contribution is -0.137. The van der Waals surface area contributed by atoms with Crippen LogP contribution in [0.25, 0.3) is 0 Å². The summed E-state index contributed by atoms with van der Waals surface area (Å²) in [4.78, 5) is 14.8. The monoisotopic (exact) mass is 369 g/mol. The Balaban J connectivity index is 1.73. The highest BCUT2D eigenvalue weighted by Crippen LogP contribution is 2.50. The first-order chi connectivity index (χ1) is 9.25. The molecule has 1 heterocycles. The van der Waals surface area contributed by atoms with E-state index in [0.717, 1.165) is 36.8 Å². The average Bonchev–Trinajstić information content (AvgIpc) is 3.25. The first kappa shape index (κ1) is 13.3. The summed E-state index contributed by atoms with van der Waals surface area (Å²) in [6, 6.07) is 8.54. The third-order valence-corrected chi connectivity index (χ3v) is 6.99. The van der Waals surface area contributed by atoms with Crippen LogP contribution in [-0.4, -0.2) is 25.8 Å². The molecule has 1 aromatic rings. The van der Waals surface area contributed by atoms with Crippen LogP contribution in [0.3, 0.4) is 0 Å². The maximum atomic E-state index is 12.7. The van der Waals surface area contributed by atoms with Gasteiger partial charge >= 0.3 is 0 Å². The molecule has 0 atom stereocenters. The SMILES string of the molecule is CC=ICC1(C(=O)N2CCc3ccccc3C2)CC1. The molecule has 3 rings (SSSR count). The van der Waals surface area contributed by atoms with Gasteiger partial charge < -0.3 is 4.90 Å². The zero-order chi connectivity index (χ0) is 13.3. The van der Waals surface area contributed by atoms with E-state index < -0.39 is 0 Å². The molecule has 2 aliphatic rings. The minimum absolute atomic E-state index is 0.0477. The maximum Gasteiger partial charge on any atom is 0.229 e. The van der Waals surface area contributed by atoms with Crippen molar-refractivity contribution in [1.82, 2.24) is 4.90 Å². The van der Waals surface area contributed by atoms with Gasteiger partial charge in [0, 0.05) is 17.5 Å². The van der Waals surface area contributed by atoms with E-state index in [9.17, 15) is 4.79 Å². The molecule has 0 N–H and O–H groups in total. The number of benzene rings is 1. The second-order valence-electron chi connectivity index (χ2n) is 5.53. The third kappa shape index (κ3) is 2.62. The second kappa shape index (κ2) is 5.35. The summed E-state index contributed by atoms with van der Waals surface area (Å²) in [5, 5.41) is 0. The number of rotatable bonds is 3. The standard InChI is InChI=1S/C16H20INO/c1-2-17-12-16(8-9-16)15(19)18-10-7-13-5-3-4-6-14(13)11-18/h2-6H,7-12H2,1H3. The van der Waals surface area contributed by atoms with Crippen molar-refractivity contribution >= 4 is 30.6 Å². The molecule has 1 saturated carbocycles. The summed E-state index contributed by atoms with van der Waals surface area (Å²) in [7, 11) is 0. The number of hydrogen-bond donors (Lipinski definition) is 0. The topological polar surface area (TPSA) is 20.3 Å². The van der Waals surface area contributed by atoms with Crippen LogP contribution in [-0.2, 0) is 17.8 Å². The molecule has 1 aromatic carbocycles. The maximum absolute atomic E-state index is 12.7.